The van der Waals surface area contributed by atoms with Crippen LogP contribution in [0.4, 0.5) is 32.4 Å². The van der Waals surface area contributed by atoms with Gasteiger partial charge < -0.3 is 24.9 Å². The minimum absolute atomic E-state index is 0.109. The molecule has 0 spiro atoms. The Bertz CT molecular complexity index is 1080. The smallest absolute Gasteiger partial charge is 0.318 e. The van der Waals surface area contributed by atoms with E-state index in [-0.39, 0.29) is 30.3 Å². The molecule has 6 rings (SSSR count). The van der Waals surface area contributed by atoms with Crippen LogP contribution in [0.25, 0.3) is 0 Å². The molecular weight excluding hydrogens is 442 g/mol. The number of aryl methyl sites for hydroxylation is 1. The Morgan fingerprint density at radius 3 is 2.35 bits per heavy atom. The van der Waals surface area contributed by atoms with Gasteiger partial charge in [0.25, 0.3) is 5.92 Å². The van der Waals surface area contributed by atoms with Crippen LogP contribution in [0.1, 0.15) is 51.0 Å². The lowest BCUT2D eigenvalue weighted by Crippen LogP contribution is -2.51. The number of anilines is 4. The zero-order valence-electron chi connectivity index (χ0n) is 20.1. The van der Waals surface area contributed by atoms with E-state index >= 15 is 0 Å². The molecule has 184 valence electrons. The number of aromatic nitrogens is 4. The molecule has 2 saturated carbocycles. The fourth-order valence-corrected chi connectivity index (χ4v) is 6.43. The largest absolute Gasteiger partial charge is 0.408 e. The van der Waals surface area contributed by atoms with Gasteiger partial charge in [-0.2, -0.15) is 9.97 Å². The molecule has 2 aromatic rings. The number of fused-ring (bicyclic) bond motifs is 3. The van der Waals surface area contributed by atoms with Crippen molar-refractivity contribution in [3.63, 3.8) is 0 Å². The van der Waals surface area contributed by atoms with Gasteiger partial charge in [0.15, 0.2) is 0 Å². The molecule has 3 fully saturated rings. The summed E-state index contributed by atoms with van der Waals surface area (Å²) in [5.74, 6) is 0.973. The molecule has 2 bridgehead atoms. The summed E-state index contributed by atoms with van der Waals surface area (Å²) >= 11 is 0. The molecule has 1 saturated heterocycles. The maximum absolute atomic E-state index is 13.7. The molecule has 11 heteroatoms. The van der Waals surface area contributed by atoms with Crippen molar-refractivity contribution in [3.05, 3.63) is 11.5 Å². The number of nitrogens with one attached hydrogen (secondary N) is 2. The first kappa shape index (κ1) is 21.8. The molecule has 0 aromatic carbocycles. The van der Waals surface area contributed by atoms with Gasteiger partial charge in [-0.1, -0.05) is 18.9 Å². The van der Waals surface area contributed by atoms with Crippen molar-refractivity contribution in [1.29, 1.82) is 0 Å². The molecule has 0 unspecified atom stereocenters. The van der Waals surface area contributed by atoms with Crippen LogP contribution >= 0.6 is 0 Å². The minimum Gasteiger partial charge on any atom is -0.408 e. The normalized spacial score (nSPS) is 29.2. The predicted molar refractivity (Wildman–Crippen MR) is 125 cm³/mol. The quantitative estimate of drug-likeness (QED) is 0.676. The molecule has 2 aromatic heterocycles. The molecule has 9 nitrogen and oxygen atoms in total. The highest BCUT2D eigenvalue weighted by Crippen LogP contribution is 2.50. The van der Waals surface area contributed by atoms with E-state index in [4.69, 9.17) is 14.4 Å². The highest BCUT2D eigenvalue weighted by atomic mass is 19.3. The first-order valence-corrected chi connectivity index (χ1v) is 12.2. The average Bonchev–Trinajstić information content (AvgIpc) is 3.37. The lowest BCUT2D eigenvalue weighted by Gasteiger charge is -2.42. The van der Waals surface area contributed by atoms with Crippen molar-refractivity contribution in [2.75, 3.05) is 47.1 Å². The highest BCUT2D eigenvalue weighted by Gasteiger charge is 2.52. The van der Waals surface area contributed by atoms with Crippen molar-refractivity contribution in [3.8, 4) is 0 Å². The first-order valence-electron chi connectivity index (χ1n) is 12.2. The highest BCUT2D eigenvalue weighted by molar-refractivity contribution is 5.70. The molecule has 4 heterocycles. The summed E-state index contributed by atoms with van der Waals surface area (Å²) in [6, 6.07) is 0.661. The minimum atomic E-state index is -2.57. The Morgan fingerprint density at radius 2 is 1.76 bits per heavy atom. The molecule has 4 aliphatic rings. The lowest BCUT2D eigenvalue weighted by molar-refractivity contribution is -0.0859. The molecule has 0 amide bonds. The second-order valence-electron chi connectivity index (χ2n) is 11.1. The summed E-state index contributed by atoms with van der Waals surface area (Å²) in [5, 5.41) is 15.0. The van der Waals surface area contributed by atoms with Crippen LogP contribution in [0, 0.1) is 18.8 Å². The average molecular weight is 475 g/mol. The number of rotatable bonds is 5. The van der Waals surface area contributed by atoms with Crippen LogP contribution in [-0.4, -0.2) is 64.9 Å². The number of halogens is 2. The van der Waals surface area contributed by atoms with Gasteiger partial charge in [-0.05, 0) is 24.7 Å². The summed E-state index contributed by atoms with van der Waals surface area (Å²) in [7, 11) is 1.86. The van der Waals surface area contributed by atoms with Gasteiger partial charge in [-0.25, -0.2) is 8.78 Å². The van der Waals surface area contributed by atoms with Crippen LogP contribution in [0.5, 0.6) is 0 Å². The molecular formula is C23H32F2N8O. The van der Waals surface area contributed by atoms with Crippen molar-refractivity contribution in [2.24, 2.45) is 11.8 Å². The molecule has 2 aliphatic carbocycles. The third-order valence-corrected chi connectivity index (χ3v) is 8.07. The molecule has 3 atom stereocenters. The number of nitrogens with zero attached hydrogens (tertiary/aromatic N) is 6. The Hall–Kier alpha value is -2.72. The Balaban J connectivity index is 1.26. The van der Waals surface area contributed by atoms with E-state index in [1.165, 1.54) is 0 Å². The van der Waals surface area contributed by atoms with E-state index < -0.39 is 5.92 Å². The number of hydrogen-bond donors (Lipinski definition) is 2. The van der Waals surface area contributed by atoms with Crippen LogP contribution in [0.2, 0.25) is 0 Å². The van der Waals surface area contributed by atoms with Gasteiger partial charge >= 0.3 is 6.01 Å². The summed E-state index contributed by atoms with van der Waals surface area (Å²) in [5.41, 5.74) is 0.796. The van der Waals surface area contributed by atoms with Gasteiger partial charge in [-0.15, -0.1) is 5.10 Å². The Kier molecular flexibility index (Phi) is 4.73. The second-order valence-corrected chi connectivity index (χ2v) is 11.1. The van der Waals surface area contributed by atoms with Crippen molar-refractivity contribution < 1.29 is 13.2 Å². The van der Waals surface area contributed by atoms with E-state index in [1.807, 2.05) is 7.05 Å². The van der Waals surface area contributed by atoms with Gasteiger partial charge in [0.2, 0.25) is 11.8 Å². The van der Waals surface area contributed by atoms with Gasteiger partial charge in [0, 0.05) is 69.5 Å². The zero-order valence-corrected chi connectivity index (χ0v) is 20.1. The Labute approximate surface area is 197 Å². The molecule has 2 N–H and O–H groups in total. The Morgan fingerprint density at radius 1 is 1.06 bits per heavy atom. The predicted octanol–water partition coefficient (Wildman–Crippen LogP) is 3.43. The topological polar surface area (TPSA) is 95.2 Å². The maximum atomic E-state index is 13.7. The van der Waals surface area contributed by atoms with Crippen LogP contribution in [0.3, 0.4) is 0 Å². The van der Waals surface area contributed by atoms with Crippen LogP contribution in [-0.2, 0) is 5.41 Å². The van der Waals surface area contributed by atoms with E-state index in [1.54, 1.807) is 6.92 Å². The van der Waals surface area contributed by atoms with Crippen molar-refractivity contribution in [1.82, 2.24) is 20.2 Å². The third-order valence-electron chi connectivity index (χ3n) is 8.07. The molecule has 34 heavy (non-hydrogen) atoms. The molecule has 2 aliphatic heterocycles. The van der Waals surface area contributed by atoms with Crippen molar-refractivity contribution >= 4 is 23.6 Å². The summed E-state index contributed by atoms with van der Waals surface area (Å²) in [4.78, 5) is 14.0. The lowest BCUT2D eigenvalue weighted by atomic mass is 9.85. The summed E-state index contributed by atoms with van der Waals surface area (Å²) in [6.45, 7) is 8.43. The fourth-order valence-electron chi connectivity index (χ4n) is 6.43. The standard InChI is InChI=1S/C23H32F2N8O/c1-12-30-31-21(34-12)32-9-13-5-6-14(10-32)17(13)27-20-28-18(26-4)16-19(29-20)33(11-22(16,2)3)15-7-23(24,25)8-15/h13-15,17H,5-11H2,1-4H3,(H2,26,27,28,29)/t13-,14+,17+. The second kappa shape index (κ2) is 7.39. The van der Waals surface area contributed by atoms with E-state index in [9.17, 15) is 8.78 Å². The van der Waals surface area contributed by atoms with E-state index in [0.29, 0.717) is 36.2 Å². The fraction of sp³-hybridized carbons (Fsp3) is 0.739. The first-order chi connectivity index (χ1) is 16.1. The summed E-state index contributed by atoms with van der Waals surface area (Å²) < 4.78 is 33.0. The van der Waals surface area contributed by atoms with E-state index in [2.05, 4.69) is 44.5 Å². The van der Waals surface area contributed by atoms with Crippen molar-refractivity contribution in [2.45, 2.75) is 69.9 Å². The number of hydrogen-bond acceptors (Lipinski definition) is 9. The van der Waals surface area contributed by atoms with Crippen LogP contribution < -0.4 is 20.4 Å². The van der Waals surface area contributed by atoms with E-state index in [0.717, 1.165) is 43.1 Å². The zero-order chi connectivity index (χ0) is 23.8. The summed E-state index contributed by atoms with van der Waals surface area (Å²) in [6.07, 6.45) is 2.02. The van der Waals surface area contributed by atoms with Gasteiger partial charge in [0.1, 0.15) is 11.6 Å². The number of alkyl halides is 2. The monoisotopic (exact) mass is 474 g/mol. The maximum Gasteiger partial charge on any atom is 0.318 e. The molecule has 0 radical (unpaired) electrons. The van der Waals surface area contributed by atoms with Crippen LogP contribution in [0.15, 0.2) is 4.42 Å². The number of piperidine rings is 1. The SMILES string of the molecule is CNc1nc(N[C@H]2[C@@H]3CC[C@H]2CN(c2nnc(C)o2)C3)nc2c1C(C)(C)CN2C1CC(F)(F)C1. The van der Waals surface area contributed by atoms with Gasteiger partial charge in [0.05, 0.1) is 0 Å². The third kappa shape index (κ3) is 3.46. The van der Waals surface area contributed by atoms with Gasteiger partial charge in [-0.3, -0.25) is 0 Å².